The van der Waals surface area contributed by atoms with Crippen LogP contribution in [0.2, 0.25) is 0 Å². The lowest BCUT2D eigenvalue weighted by molar-refractivity contribution is 0.0749. The molecule has 0 saturated carbocycles. The molecule has 0 saturated heterocycles. The number of hydrogen-bond acceptors (Lipinski definition) is 3. The van der Waals surface area contributed by atoms with Crippen LogP contribution in [0.3, 0.4) is 0 Å². The zero-order valence-corrected chi connectivity index (χ0v) is 19.2. The molecule has 0 amide bonds. The van der Waals surface area contributed by atoms with Crippen molar-refractivity contribution in [2.24, 2.45) is 5.41 Å². The molecular weight excluding hydrogens is 356 g/mol. The Bertz CT molecular complexity index is 1090. The third-order valence-electron chi connectivity index (χ3n) is 6.00. The first-order valence-corrected chi connectivity index (χ1v) is 10.8. The Hall–Kier alpha value is -2.16. The fraction of sp³-hybridized carbons (Fsp3) is 0.538. The Morgan fingerprint density at radius 3 is 2.17 bits per heavy atom. The second kappa shape index (κ2) is 6.42. The van der Waals surface area contributed by atoms with E-state index in [1.807, 2.05) is 12.1 Å². The number of hydrogen-bond donors (Lipinski definition) is 0. The summed E-state index contributed by atoms with van der Waals surface area (Å²) < 4.78 is 6.51. The van der Waals surface area contributed by atoms with Crippen LogP contribution < -0.4 is 4.74 Å². The maximum absolute atomic E-state index is 6.51. The Morgan fingerprint density at radius 1 is 1.00 bits per heavy atom. The standard InChI is InChI=1S/C26H34N2O/c1-16-14-26(7,8)29-20-13-17(25(5,6)15-24(2,3)4)22-23(21(16)20)28-19-12-10-9-11-18(19)27-22/h9-13,16H,14-15H2,1-8H3. The molecular formula is C26H34N2O. The second-order valence-corrected chi connectivity index (χ2v) is 11.3. The molecule has 1 aliphatic rings. The van der Waals surface area contributed by atoms with Crippen LogP contribution in [0, 0.1) is 5.41 Å². The lowest BCUT2D eigenvalue weighted by Gasteiger charge is -2.39. The summed E-state index contributed by atoms with van der Waals surface area (Å²) in [5.41, 5.74) is 6.41. The topological polar surface area (TPSA) is 35.0 Å². The van der Waals surface area contributed by atoms with E-state index in [0.29, 0.717) is 5.92 Å². The van der Waals surface area contributed by atoms with Crippen LogP contribution in [0.25, 0.3) is 22.1 Å². The van der Waals surface area contributed by atoms with Crippen LogP contribution in [0.15, 0.2) is 30.3 Å². The summed E-state index contributed by atoms with van der Waals surface area (Å²) >= 11 is 0. The van der Waals surface area contributed by atoms with Gasteiger partial charge in [-0.3, -0.25) is 0 Å². The molecule has 3 nitrogen and oxygen atoms in total. The summed E-state index contributed by atoms with van der Waals surface area (Å²) in [6, 6.07) is 10.5. The van der Waals surface area contributed by atoms with Gasteiger partial charge >= 0.3 is 0 Å². The van der Waals surface area contributed by atoms with Gasteiger partial charge in [0, 0.05) is 5.56 Å². The maximum atomic E-state index is 6.51. The highest BCUT2D eigenvalue weighted by molar-refractivity contribution is 5.92. The summed E-state index contributed by atoms with van der Waals surface area (Å²) in [4.78, 5) is 10.3. The number of rotatable bonds is 2. The molecule has 154 valence electrons. The predicted molar refractivity (Wildman–Crippen MR) is 122 cm³/mol. The molecule has 0 radical (unpaired) electrons. The van der Waals surface area contributed by atoms with Gasteiger partial charge in [-0.1, -0.05) is 53.7 Å². The van der Waals surface area contributed by atoms with Gasteiger partial charge in [-0.05, 0) is 67.2 Å². The highest BCUT2D eigenvalue weighted by Crippen LogP contribution is 2.48. The minimum Gasteiger partial charge on any atom is -0.487 e. The largest absolute Gasteiger partial charge is 0.487 e. The van der Waals surface area contributed by atoms with Crippen molar-refractivity contribution in [2.75, 3.05) is 0 Å². The summed E-state index contributed by atoms with van der Waals surface area (Å²) in [5.74, 6) is 1.37. The van der Waals surface area contributed by atoms with E-state index in [0.717, 1.165) is 40.7 Å². The first-order valence-electron chi connectivity index (χ1n) is 10.8. The quantitative estimate of drug-likeness (QED) is 0.435. The number of nitrogens with zero attached hydrogens (tertiary/aromatic N) is 2. The van der Waals surface area contributed by atoms with Gasteiger partial charge in [0.05, 0.1) is 22.1 Å². The Morgan fingerprint density at radius 2 is 1.59 bits per heavy atom. The molecule has 3 heteroatoms. The third-order valence-corrected chi connectivity index (χ3v) is 6.00. The highest BCUT2D eigenvalue weighted by Gasteiger charge is 2.37. The second-order valence-electron chi connectivity index (χ2n) is 11.3. The number of ether oxygens (including phenoxy) is 1. The normalized spacial score (nSPS) is 19.2. The van der Waals surface area contributed by atoms with Crippen molar-refractivity contribution in [2.45, 2.75) is 85.2 Å². The number of benzene rings is 2. The molecule has 0 bridgehead atoms. The van der Waals surface area contributed by atoms with E-state index in [-0.39, 0.29) is 16.4 Å². The van der Waals surface area contributed by atoms with Gasteiger partial charge in [-0.25, -0.2) is 9.97 Å². The minimum atomic E-state index is -0.171. The predicted octanol–water partition coefficient (Wildman–Crippen LogP) is 7.16. The van der Waals surface area contributed by atoms with E-state index in [2.05, 4.69) is 73.6 Å². The van der Waals surface area contributed by atoms with Gasteiger partial charge in [-0.15, -0.1) is 0 Å². The lowest BCUT2D eigenvalue weighted by Crippen LogP contribution is -2.35. The summed E-state index contributed by atoms with van der Waals surface area (Å²) in [5, 5.41) is 0. The molecule has 1 unspecified atom stereocenters. The molecule has 1 aliphatic heterocycles. The fourth-order valence-electron chi connectivity index (χ4n) is 5.45. The lowest BCUT2D eigenvalue weighted by atomic mass is 9.71. The Balaban J connectivity index is 2.07. The molecule has 0 N–H and O–H groups in total. The van der Waals surface area contributed by atoms with Gasteiger partial charge in [-0.2, -0.15) is 0 Å². The molecule has 29 heavy (non-hydrogen) atoms. The SMILES string of the molecule is CC1CC(C)(C)Oc2cc(C(C)(C)CC(C)(C)C)c3nc4ccccc4nc3c21. The molecule has 1 atom stereocenters. The van der Waals surface area contributed by atoms with Crippen molar-refractivity contribution < 1.29 is 4.74 Å². The molecule has 0 spiro atoms. The third kappa shape index (κ3) is 3.72. The zero-order chi connectivity index (χ0) is 21.2. The van der Waals surface area contributed by atoms with Gasteiger partial charge in [0.15, 0.2) is 0 Å². The van der Waals surface area contributed by atoms with Gasteiger partial charge in [0.2, 0.25) is 0 Å². The summed E-state index contributed by atoms with van der Waals surface area (Å²) in [6.07, 6.45) is 2.04. The van der Waals surface area contributed by atoms with Crippen molar-refractivity contribution >= 4 is 22.1 Å². The summed E-state index contributed by atoms with van der Waals surface area (Å²) in [7, 11) is 0. The average Bonchev–Trinajstić information content (AvgIpc) is 2.55. The van der Waals surface area contributed by atoms with Gasteiger partial charge in [0.25, 0.3) is 0 Å². The molecule has 0 aliphatic carbocycles. The van der Waals surface area contributed by atoms with E-state index in [1.165, 1.54) is 11.1 Å². The highest BCUT2D eigenvalue weighted by atomic mass is 16.5. The molecule has 3 aromatic rings. The fourth-order valence-corrected chi connectivity index (χ4v) is 5.45. The van der Waals surface area contributed by atoms with Gasteiger partial charge < -0.3 is 4.74 Å². The van der Waals surface area contributed by atoms with Crippen LogP contribution in [-0.2, 0) is 5.41 Å². The maximum Gasteiger partial charge on any atom is 0.126 e. The Kier molecular flexibility index (Phi) is 4.45. The molecule has 4 rings (SSSR count). The van der Waals surface area contributed by atoms with Crippen molar-refractivity contribution in [3.05, 3.63) is 41.5 Å². The molecule has 2 heterocycles. The Labute approximate surface area is 174 Å². The molecule has 2 aromatic carbocycles. The van der Waals surface area contributed by atoms with E-state index in [9.17, 15) is 0 Å². The van der Waals surface area contributed by atoms with Crippen LogP contribution >= 0.6 is 0 Å². The van der Waals surface area contributed by atoms with Crippen molar-refractivity contribution in [1.29, 1.82) is 0 Å². The monoisotopic (exact) mass is 390 g/mol. The van der Waals surface area contributed by atoms with E-state index in [4.69, 9.17) is 14.7 Å². The number of aromatic nitrogens is 2. The van der Waals surface area contributed by atoms with Crippen LogP contribution in [-0.4, -0.2) is 15.6 Å². The van der Waals surface area contributed by atoms with E-state index >= 15 is 0 Å². The zero-order valence-electron chi connectivity index (χ0n) is 19.2. The number of para-hydroxylation sites is 2. The smallest absolute Gasteiger partial charge is 0.126 e. The number of fused-ring (bicyclic) bond motifs is 4. The molecule has 1 aromatic heterocycles. The van der Waals surface area contributed by atoms with E-state index in [1.54, 1.807) is 0 Å². The average molecular weight is 391 g/mol. The van der Waals surface area contributed by atoms with E-state index < -0.39 is 0 Å². The first kappa shape index (κ1) is 20.1. The summed E-state index contributed by atoms with van der Waals surface area (Å²) in [6.45, 7) is 18.2. The van der Waals surface area contributed by atoms with Crippen LogP contribution in [0.1, 0.15) is 85.3 Å². The van der Waals surface area contributed by atoms with Crippen LogP contribution in [0.5, 0.6) is 5.75 Å². The minimum absolute atomic E-state index is 0.0448. The first-order chi connectivity index (χ1) is 13.4. The molecule has 0 fully saturated rings. The van der Waals surface area contributed by atoms with Crippen molar-refractivity contribution in [1.82, 2.24) is 9.97 Å². The van der Waals surface area contributed by atoms with Gasteiger partial charge in [0.1, 0.15) is 11.4 Å². The van der Waals surface area contributed by atoms with Crippen molar-refractivity contribution in [3.63, 3.8) is 0 Å². The van der Waals surface area contributed by atoms with Crippen molar-refractivity contribution in [3.8, 4) is 5.75 Å². The van der Waals surface area contributed by atoms with Crippen LogP contribution in [0.4, 0.5) is 0 Å².